The molecule has 0 radical (unpaired) electrons. The van der Waals surface area contributed by atoms with Crippen molar-refractivity contribution < 1.29 is 4.79 Å². The molecule has 0 aliphatic rings. The molecule has 1 amide bonds. The van der Waals surface area contributed by atoms with Crippen LogP contribution in [0.2, 0.25) is 0 Å². The van der Waals surface area contributed by atoms with Crippen molar-refractivity contribution in [2.75, 3.05) is 18.5 Å². The van der Waals surface area contributed by atoms with Crippen molar-refractivity contribution in [1.82, 2.24) is 0 Å². The quantitative estimate of drug-likeness (QED) is 0.933. The van der Waals surface area contributed by atoms with Gasteiger partial charge >= 0.3 is 0 Å². The Bertz CT molecular complexity index is 671. The molecule has 2 rings (SSSR count). The zero-order valence-electron chi connectivity index (χ0n) is 11.9. The number of nitriles is 1. The first-order valence-electron chi connectivity index (χ1n) is 6.73. The van der Waals surface area contributed by atoms with Crippen molar-refractivity contribution in [2.45, 2.75) is 6.42 Å². The van der Waals surface area contributed by atoms with Crippen LogP contribution in [0.3, 0.4) is 0 Å². The Morgan fingerprint density at radius 2 is 1.86 bits per heavy atom. The Morgan fingerprint density at radius 1 is 1.19 bits per heavy atom. The SMILES string of the molecule is CN(C(=O)c1ccccc1CCN)c1ccc(C#N)cc1. The van der Waals surface area contributed by atoms with Gasteiger partial charge in [-0.2, -0.15) is 5.26 Å². The molecule has 0 bridgehead atoms. The number of carbonyl (C=O) groups excluding carboxylic acids is 1. The number of carbonyl (C=O) groups is 1. The minimum Gasteiger partial charge on any atom is -0.330 e. The minimum atomic E-state index is -0.0799. The molecule has 2 aromatic carbocycles. The van der Waals surface area contributed by atoms with Gasteiger partial charge < -0.3 is 10.6 Å². The average Bonchev–Trinajstić information content (AvgIpc) is 2.54. The standard InChI is InChI=1S/C17H17N3O/c1-20(15-8-6-13(12-19)7-9-15)17(21)16-5-3-2-4-14(16)10-11-18/h2-9H,10-11,18H2,1H3. The summed E-state index contributed by atoms with van der Waals surface area (Å²) >= 11 is 0. The fourth-order valence-electron chi connectivity index (χ4n) is 2.16. The molecule has 0 aromatic heterocycles. The fourth-order valence-corrected chi connectivity index (χ4v) is 2.16. The van der Waals surface area contributed by atoms with Gasteiger partial charge in [0.2, 0.25) is 0 Å². The number of benzene rings is 2. The summed E-state index contributed by atoms with van der Waals surface area (Å²) in [6.45, 7) is 0.505. The van der Waals surface area contributed by atoms with E-state index in [9.17, 15) is 4.79 Å². The molecule has 0 saturated carbocycles. The molecule has 0 atom stereocenters. The molecule has 106 valence electrons. The second kappa shape index (κ2) is 6.69. The maximum Gasteiger partial charge on any atom is 0.258 e. The van der Waals surface area contributed by atoms with Crippen molar-refractivity contribution in [3.8, 4) is 6.07 Å². The maximum atomic E-state index is 12.6. The summed E-state index contributed by atoms with van der Waals surface area (Å²) in [5.74, 6) is -0.0799. The van der Waals surface area contributed by atoms with Crippen molar-refractivity contribution in [3.63, 3.8) is 0 Å². The van der Waals surface area contributed by atoms with E-state index in [4.69, 9.17) is 11.0 Å². The van der Waals surface area contributed by atoms with E-state index in [1.54, 1.807) is 36.2 Å². The lowest BCUT2D eigenvalue weighted by Crippen LogP contribution is -2.27. The first-order valence-corrected chi connectivity index (χ1v) is 6.73. The molecule has 0 spiro atoms. The fraction of sp³-hybridized carbons (Fsp3) is 0.176. The Hall–Kier alpha value is -2.64. The molecular formula is C17H17N3O. The predicted octanol–water partition coefficient (Wildman–Crippen LogP) is 2.34. The highest BCUT2D eigenvalue weighted by molar-refractivity contribution is 6.06. The summed E-state index contributed by atoms with van der Waals surface area (Å²) < 4.78 is 0. The first kappa shape index (κ1) is 14.8. The predicted molar refractivity (Wildman–Crippen MR) is 83.1 cm³/mol. The Labute approximate surface area is 124 Å². The summed E-state index contributed by atoms with van der Waals surface area (Å²) in [5, 5.41) is 8.81. The molecule has 0 aliphatic carbocycles. The van der Waals surface area contributed by atoms with Crippen LogP contribution in [-0.4, -0.2) is 19.5 Å². The number of rotatable bonds is 4. The van der Waals surface area contributed by atoms with E-state index in [0.29, 0.717) is 24.1 Å². The molecule has 2 aromatic rings. The summed E-state index contributed by atoms with van der Waals surface area (Å²) in [7, 11) is 1.73. The van der Waals surface area contributed by atoms with Crippen molar-refractivity contribution in [1.29, 1.82) is 5.26 Å². The highest BCUT2D eigenvalue weighted by Gasteiger charge is 2.16. The van der Waals surface area contributed by atoms with Gasteiger partial charge in [0.05, 0.1) is 11.6 Å². The van der Waals surface area contributed by atoms with E-state index >= 15 is 0 Å². The van der Waals surface area contributed by atoms with Gasteiger partial charge in [0.25, 0.3) is 5.91 Å². The molecule has 0 heterocycles. The first-order chi connectivity index (χ1) is 10.2. The zero-order valence-corrected chi connectivity index (χ0v) is 11.9. The average molecular weight is 279 g/mol. The van der Waals surface area contributed by atoms with Gasteiger partial charge in [-0.1, -0.05) is 18.2 Å². The van der Waals surface area contributed by atoms with E-state index in [1.165, 1.54) is 0 Å². The molecule has 0 aliphatic heterocycles. The number of amides is 1. The van der Waals surface area contributed by atoms with Crippen LogP contribution in [0.15, 0.2) is 48.5 Å². The van der Waals surface area contributed by atoms with Gasteiger partial charge in [0.1, 0.15) is 0 Å². The molecule has 4 nitrogen and oxygen atoms in total. The third kappa shape index (κ3) is 3.28. The lowest BCUT2D eigenvalue weighted by Gasteiger charge is -2.19. The monoisotopic (exact) mass is 279 g/mol. The highest BCUT2D eigenvalue weighted by atomic mass is 16.2. The zero-order chi connectivity index (χ0) is 15.2. The lowest BCUT2D eigenvalue weighted by atomic mass is 10.0. The van der Waals surface area contributed by atoms with Crippen LogP contribution >= 0.6 is 0 Å². The van der Waals surface area contributed by atoms with Crippen LogP contribution in [0.4, 0.5) is 5.69 Å². The smallest absolute Gasteiger partial charge is 0.258 e. The molecule has 21 heavy (non-hydrogen) atoms. The van der Waals surface area contributed by atoms with E-state index in [0.717, 1.165) is 11.3 Å². The van der Waals surface area contributed by atoms with Crippen molar-refractivity contribution >= 4 is 11.6 Å². The Kier molecular flexibility index (Phi) is 4.70. The molecule has 2 N–H and O–H groups in total. The highest BCUT2D eigenvalue weighted by Crippen LogP contribution is 2.18. The second-order valence-corrected chi connectivity index (χ2v) is 4.72. The summed E-state index contributed by atoms with van der Waals surface area (Å²) in [6, 6.07) is 16.5. The van der Waals surface area contributed by atoms with Crippen LogP contribution < -0.4 is 10.6 Å². The van der Waals surface area contributed by atoms with Gasteiger partial charge in [-0.05, 0) is 48.9 Å². The van der Waals surface area contributed by atoms with Crippen molar-refractivity contribution in [3.05, 3.63) is 65.2 Å². The number of nitrogens with zero attached hydrogens (tertiary/aromatic N) is 2. The third-order valence-electron chi connectivity index (χ3n) is 3.35. The maximum absolute atomic E-state index is 12.6. The van der Waals surface area contributed by atoms with Crippen LogP contribution in [0.25, 0.3) is 0 Å². The summed E-state index contributed by atoms with van der Waals surface area (Å²) in [5.41, 5.74) is 8.53. The summed E-state index contributed by atoms with van der Waals surface area (Å²) in [6.07, 6.45) is 0.670. The number of anilines is 1. The normalized spacial score (nSPS) is 9.95. The van der Waals surface area contributed by atoms with Crippen LogP contribution in [-0.2, 0) is 6.42 Å². The Morgan fingerprint density at radius 3 is 2.48 bits per heavy atom. The number of hydrogen-bond donors (Lipinski definition) is 1. The van der Waals surface area contributed by atoms with Crippen LogP contribution in [0.5, 0.6) is 0 Å². The van der Waals surface area contributed by atoms with E-state index in [1.807, 2.05) is 24.3 Å². The van der Waals surface area contributed by atoms with Crippen LogP contribution in [0, 0.1) is 11.3 Å². The van der Waals surface area contributed by atoms with Crippen LogP contribution in [0.1, 0.15) is 21.5 Å². The lowest BCUT2D eigenvalue weighted by molar-refractivity contribution is 0.0992. The van der Waals surface area contributed by atoms with Gasteiger partial charge in [0, 0.05) is 18.3 Å². The largest absolute Gasteiger partial charge is 0.330 e. The molecular weight excluding hydrogens is 262 g/mol. The van der Waals surface area contributed by atoms with E-state index in [-0.39, 0.29) is 5.91 Å². The van der Waals surface area contributed by atoms with Crippen molar-refractivity contribution in [2.24, 2.45) is 5.73 Å². The molecule has 4 heteroatoms. The molecule has 0 saturated heterocycles. The number of hydrogen-bond acceptors (Lipinski definition) is 3. The molecule has 0 unspecified atom stereocenters. The second-order valence-electron chi connectivity index (χ2n) is 4.72. The number of nitrogens with two attached hydrogens (primary N) is 1. The van der Waals surface area contributed by atoms with Gasteiger partial charge in [-0.15, -0.1) is 0 Å². The van der Waals surface area contributed by atoms with Gasteiger partial charge in [0.15, 0.2) is 0 Å². The third-order valence-corrected chi connectivity index (χ3v) is 3.35. The summed E-state index contributed by atoms with van der Waals surface area (Å²) in [4.78, 5) is 14.2. The van der Waals surface area contributed by atoms with E-state index in [2.05, 4.69) is 6.07 Å². The molecule has 0 fully saturated rings. The van der Waals surface area contributed by atoms with Gasteiger partial charge in [-0.25, -0.2) is 0 Å². The minimum absolute atomic E-state index is 0.0799. The van der Waals surface area contributed by atoms with Gasteiger partial charge in [-0.3, -0.25) is 4.79 Å². The topological polar surface area (TPSA) is 70.1 Å². The Balaban J connectivity index is 2.28. The van der Waals surface area contributed by atoms with E-state index < -0.39 is 0 Å².